The summed E-state index contributed by atoms with van der Waals surface area (Å²) in [6.07, 6.45) is 0.848. The summed E-state index contributed by atoms with van der Waals surface area (Å²) in [6, 6.07) is 0. The van der Waals surface area contributed by atoms with Gasteiger partial charge < -0.3 is 5.11 Å². The van der Waals surface area contributed by atoms with Gasteiger partial charge in [-0.15, -0.1) is 0 Å². The molecule has 1 heterocycles. The van der Waals surface area contributed by atoms with Crippen molar-refractivity contribution in [1.82, 2.24) is 0 Å². The van der Waals surface area contributed by atoms with Crippen LogP contribution >= 0.6 is 22.6 Å². The molecule has 1 aliphatic heterocycles. The van der Waals surface area contributed by atoms with E-state index in [1.165, 1.54) is 0 Å². The van der Waals surface area contributed by atoms with Crippen molar-refractivity contribution in [3.8, 4) is 0 Å². The lowest BCUT2D eigenvalue weighted by Gasteiger charge is -1.87. The van der Waals surface area contributed by atoms with Crippen LogP contribution < -0.4 is 0 Å². The van der Waals surface area contributed by atoms with Crippen molar-refractivity contribution in [3.63, 3.8) is 0 Å². The number of halogens is 1. The lowest BCUT2D eigenvalue weighted by molar-refractivity contribution is -0.501. The minimum atomic E-state index is -0.0824. The number of hydrogen-bond donors (Lipinski definition) is 1. The van der Waals surface area contributed by atoms with Gasteiger partial charge in [-0.3, -0.25) is 0 Å². The van der Waals surface area contributed by atoms with E-state index in [0.29, 0.717) is 0 Å². The first kappa shape index (κ1) is 6.48. The lowest BCUT2D eigenvalue weighted by atomic mass is 10.3. The fraction of sp³-hybridized carbons (Fsp3) is 0.800. The quantitative estimate of drug-likeness (QED) is 0.463. The highest BCUT2D eigenvalue weighted by molar-refractivity contribution is 14.1. The average Bonchev–Trinajstić information content (AvgIpc) is 2.14. The molecule has 0 aliphatic carbocycles. The Kier molecular flexibility index (Phi) is 2.25. The fourth-order valence-electron chi connectivity index (χ4n) is 0.857. The van der Waals surface area contributed by atoms with Crippen molar-refractivity contribution in [2.75, 3.05) is 13.1 Å². The van der Waals surface area contributed by atoms with Crippen LogP contribution in [0.1, 0.15) is 6.42 Å². The largest absolute Gasteiger partial charge is 0.386 e. The van der Waals surface area contributed by atoms with Gasteiger partial charge in [0.1, 0.15) is 12.6 Å². The molecule has 0 unspecified atom stereocenters. The molecule has 1 N–H and O–H groups in total. The van der Waals surface area contributed by atoms with Gasteiger partial charge in [0.2, 0.25) is 0 Å². The Labute approximate surface area is 62.4 Å². The van der Waals surface area contributed by atoms with Crippen LogP contribution in [0.15, 0.2) is 0 Å². The second-order valence-corrected chi connectivity index (χ2v) is 2.59. The summed E-state index contributed by atoms with van der Waals surface area (Å²) in [4.78, 5) is 0. The maximum atomic E-state index is 8.97. The van der Waals surface area contributed by atoms with Crippen LogP contribution in [0.5, 0.6) is 0 Å². The van der Waals surface area contributed by atoms with Crippen LogP contribution in [0, 0.1) is 0 Å². The van der Waals surface area contributed by atoms with Crippen molar-refractivity contribution >= 4 is 26.8 Å². The Morgan fingerprint density at radius 1 is 1.75 bits per heavy atom. The van der Waals surface area contributed by atoms with Gasteiger partial charge >= 0.3 is 0 Å². The van der Waals surface area contributed by atoms with E-state index in [2.05, 4.69) is 27.2 Å². The molecule has 0 spiro atoms. The van der Waals surface area contributed by atoms with E-state index in [1.807, 2.05) is 4.22 Å². The van der Waals surface area contributed by atoms with E-state index in [1.54, 1.807) is 0 Å². The molecule has 3 heteroatoms. The van der Waals surface area contributed by atoms with Crippen molar-refractivity contribution in [1.29, 1.82) is 0 Å². The molecule has 0 aromatic carbocycles. The number of aliphatic hydroxyl groups is 1. The van der Waals surface area contributed by atoms with Crippen LogP contribution in [0.3, 0.4) is 0 Å². The molecular weight excluding hydrogens is 217 g/mol. The van der Waals surface area contributed by atoms with Gasteiger partial charge in [0.25, 0.3) is 0 Å². The average molecular weight is 226 g/mol. The van der Waals surface area contributed by atoms with Gasteiger partial charge in [-0.2, -0.15) is 0 Å². The molecule has 1 atom stereocenters. The summed E-state index contributed by atoms with van der Waals surface area (Å²) in [5.74, 6) is 0. The molecule has 1 rings (SSSR count). The minimum absolute atomic E-state index is 0.0824. The molecule has 0 aromatic rings. The van der Waals surface area contributed by atoms with Gasteiger partial charge in [0, 0.05) is 29.0 Å². The molecule has 46 valence electrons. The topological polar surface area (TPSA) is 23.2 Å². The van der Waals surface area contributed by atoms with Crippen LogP contribution in [-0.2, 0) is 0 Å². The first-order valence-corrected chi connectivity index (χ1v) is 3.93. The summed E-state index contributed by atoms with van der Waals surface area (Å²) in [7, 11) is 0. The zero-order chi connectivity index (χ0) is 5.98. The number of hydrogen-bond acceptors (Lipinski definition) is 1. The molecule has 0 amide bonds. The molecule has 0 aromatic heterocycles. The van der Waals surface area contributed by atoms with Crippen molar-refractivity contribution in [3.05, 3.63) is 0 Å². The summed E-state index contributed by atoms with van der Waals surface area (Å²) in [5, 5.41) is 8.97. The van der Waals surface area contributed by atoms with Crippen molar-refractivity contribution in [2.24, 2.45) is 0 Å². The number of nitrogens with zero attached hydrogens (tertiary/aromatic N) is 1. The molecule has 1 aliphatic rings. The zero-order valence-corrected chi connectivity index (χ0v) is 6.71. The first-order chi connectivity index (χ1) is 3.83. The van der Waals surface area contributed by atoms with Crippen LogP contribution in [0.4, 0.5) is 0 Å². The third-order valence-electron chi connectivity index (χ3n) is 1.33. The molecule has 8 heavy (non-hydrogen) atoms. The minimum Gasteiger partial charge on any atom is -0.386 e. The van der Waals surface area contributed by atoms with E-state index in [9.17, 15) is 0 Å². The van der Waals surface area contributed by atoms with Gasteiger partial charge in [-0.25, -0.2) is 4.58 Å². The summed E-state index contributed by atoms with van der Waals surface area (Å²) >= 11 is 2.19. The Morgan fingerprint density at radius 2 is 2.50 bits per heavy atom. The molecule has 0 bridgehead atoms. The lowest BCUT2D eigenvalue weighted by Crippen LogP contribution is -2.10. The van der Waals surface area contributed by atoms with Gasteiger partial charge in [-0.1, -0.05) is 0 Å². The van der Waals surface area contributed by atoms with E-state index < -0.39 is 0 Å². The van der Waals surface area contributed by atoms with Crippen LogP contribution in [0.25, 0.3) is 0 Å². The predicted octanol–water partition coefficient (Wildman–Crippen LogP) is 0.227. The second-order valence-electron chi connectivity index (χ2n) is 2.04. The third kappa shape index (κ3) is 1.42. The number of β-amino-alcohol motifs (C(OH)–C–C–N with tert-alkyl or cyclic N) is 1. The van der Waals surface area contributed by atoms with Crippen LogP contribution in [-0.4, -0.2) is 33.1 Å². The maximum Gasteiger partial charge on any atom is 0.199 e. The molecule has 1 fully saturated rings. The van der Waals surface area contributed by atoms with Gasteiger partial charge in [-0.05, 0) is 0 Å². The molecule has 2 nitrogen and oxygen atoms in total. The molecule has 0 radical (unpaired) electrons. The molecule has 0 saturated carbocycles. The summed E-state index contributed by atoms with van der Waals surface area (Å²) in [5.41, 5.74) is 0. The zero-order valence-electron chi connectivity index (χ0n) is 4.55. The highest BCUT2D eigenvalue weighted by atomic mass is 127. The highest BCUT2D eigenvalue weighted by Crippen LogP contribution is 2.02. The maximum absolute atomic E-state index is 8.97. The number of rotatable bonds is 0. The second kappa shape index (κ2) is 2.77. The Bertz CT molecular complexity index is 113. The van der Waals surface area contributed by atoms with Gasteiger partial charge in [0.15, 0.2) is 10.8 Å². The van der Waals surface area contributed by atoms with E-state index >= 15 is 0 Å². The fourth-order valence-corrected chi connectivity index (χ4v) is 1.36. The SMILES string of the molecule is O[C@H]1CC[N+](=CI)C1. The van der Waals surface area contributed by atoms with E-state index in [4.69, 9.17) is 5.11 Å². The van der Waals surface area contributed by atoms with Crippen molar-refractivity contribution < 1.29 is 9.68 Å². The first-order valence-electron chi connectivity index (χ1n) is 2.68. The van der Waals surface area contributed by atoms with Crippen LogP contribution in [0.2, 0.25) is 0 Å². The van der Waals surface area contributed by atoms with E-state index in [-0.39, 0.29) is 6.10 Å². The highest BCUT2D eigenvalue weighted by Gasteiger charge is 2.21. The summed E-state index contributed by atoms with van der Waals surface area (Å²) in [6.45, 7) is 1.84. The van der Waals surface area contributed by atoms with Crippen molar-refractivity contribution in [2.45, 2.75) is 12.5 Å². The van der Waals surface area contributed by atoms with E-state index in [0.717, 1.165) is 19.5 Å². The standard InChI is InChI=1S/C5H9INO/c6-4-7-2-1-5(8)3-7/h4-5,8H,1-3H2/q+1/t5-/m0/s1. The Hall–Kier alpha value is 0.360. The smallest absolute Gasteiger partial charge is 0.199 e. The monoisotopic (exact) mass is 226 g/mol. The summed E-state index contributed by atoms with van der Waals surface area (Å²) < 4.78 is 4.11. The number of aliphatic hydroxyl groups excluding tert-OH is 1. The normalized spacial score (nSPS) is 34.2. The Morgan fingerprint density at radius 3 is 2.75 bits per heavy atom. The predicted molar refractivity (Wildman–Crippen MR) is 40.7 cm³/mol. The third-order valence-corrected chi connectivity index (χ3v) is 2.12. The Balaban J connectivity index is 2.44. The molecule has 1 saturated heterocycles. The van der Waals surface area contributed by atoms with Gasteiger partial charge in [0.05, 0.1) is 0 Å². The molecular formula is C5H9INO+.